The molecule has 0 aromatic carbocycles. The summed E-state index contributed by atoms with van der Waals surface area (Å²) in [5.41, 5.74) is 5.20. The Kier molecular flexibility index (Phi) is 3.34. The van der Waals surface area contributed by atoms with Gasteiger partial charge in [0.1, 0.15) is 11.4 Å². The van der Waals surface area contributed by atoms with E-state index in [2.05, 4.69) is 4.99 Å². The molecule has 0 saturated carbocycles. The predicted octanol–water partition coefficient (Wildman–Crippen LogP) is 0.983. The summed E-state index contributed by atoms with van der Waals surface area (Å²) < 4.78 is 5.28. The van der Waals surface area contributed by atoms with Crippen LogP contribution in [0.4, 0.5) is 4.79 Å². The largest absolute Gasteiger partial charge is 0.385 e. The van der Waals surface area contributed by atoms with Crippen molar-refractivity contribution in [2.75, 3.05) is 13.7 Å². The lowest BCUT2D eigenvalue weighted by Crippen LogP contribution is -2.59. The molecule has 15 heavy (non-hydrogen) atoms. The molecule has 5 nitrogen and oxygen atoms in total. The number of carbonyl (C=O) groups excluding carboxylic acids is 1. The van der Waals surface area contributed by atoms with Crippen LogP contribution >= 0.6 is 0 Å². The topological polar surface area (TPSA) is 67.9 Å². The standard InChI is InChI=1S/C10H19N3O2/c1-5-6-13-9(14)12-8(11)10(13,3)7(2)15-4/h7H,5-6H2,1-4H3,(H2,11,12,14). The van der Waals surface area contributed by atoms with Gasteiger partial charge in [0.05, 0.1) is 6.10 Å². The smallest absolute Gasteiger partial charge is 0.346 e. The quantitative estimate of drug-likeness (QED) is 0.757. The zero-order valence-corrected chi connectivity index (χ0v) is 9.78. The Bertz CT molecular complexity index is 290. The molecular formula is C10H19N3O2. The number of hydrogen-bond donors (Lipinski definition) is 1. The Balaban J connectivity index is 3.01. The number of amides is 2. The van der Waals surface area contributed by atoms with Crippen molar-refractivity contribution in [3.05, 3.63) is 0 Å². The summed E-state index contributed by atoms with van der Waals surface area (Å²) >= 11 is 0. The molecule has 0 aliphatic carbocycles. The average molecular weight is 213 g/mol. The molecule has 0 bridgehead atoms. The molecule has 1 heterocycles. The van der Waals surface area contributed by atoms with Crippen LogP contribution in [0.2, 0.25) is 0 Å². The number of nitrogens with zero attached hydrogens (tertiary/aromatic N) is 2. The van der Waals surface area contributed by atoms with E-state index < -0.39 is 5.54 Å². The second kappa shape index (κ2) is 4.18. The molecule has 2 unspecified atom stereocenters. The number of amidine groups is 1. The summed E-state index contributed by atoms with van der Waals surface area (Å²) in [4.78, 5) is 17.1. The molecule has 0 aromatic rings. The van der Waals surface area contributed by atoms with E-state index in [1.54, 1.807) is 12.0 Å². The molecule has 2 atom stereocenters. The summed E-state index contributed by atoms with van der Waals surface area (Å²) in [6.07, 6.45) is 0.708. The van der Waals surface area contributed by atoms with Crippen LogP contribution < -0.4 is 5.73 Å². The second-order valence-corrected chi connectivity index (χ2v) is 3.96. The number of hydrogen-bond acceptors (Lipinski definition) is 3. The van der Waals surface area contributed by atoms with Gasteiger partial charge < -0.3 is 15.4 Å². The molecular weight excluding hydrogens is 194 g/mol. The molecule has 0 saturated heterocycles. The van der Waals surface area contributed by atoms with Crippen molar-refractivity contribution in [2.24, 2.45) is 10.7 Å². The molecule has 0 radical (unpaired) electrons. The fraction of sp³-hybridized carbons (Fsp3) is 0.800. The van der Waals surface area contributed by atoms with Gasteiger partial charge in [0.25, 0.3) is 0 Å². The van der Waals surface area contributed by atoms with Crippen molar-refractivity contribution in [3.63, 3.8) is 0 Å². The van der Waals surface area contributed by atoms with Gasteiger partial charge in [-0.1, -0.05) is 6.92 Å². The van der Waals surface area contributed by atoms with Gasteiger partial charge in [-0.25, -0.2) is 4.79 Å². The summed E-state index contributed by atoms with van der Waals surface area (Å²) in [6.45, 7) is 6.44. The minimum atomic E-state index is -0.609. The predicted molar refractivity (Wildman–Crippen MR) is 58.9 cm³/mol. The normalized spacial score (nSPS) is 28.1. The molecule has 0 fully saturated rings. The average Bonchev–Trinajstić information content (AvgIpc) is 2.42. The van der Waals surface area contributed by atoms with Crippen LogP contribution in [0.3, 0.4) is 0 Å². The van der Waals surface area contributed by atoms with Gasteiger partial charge in [0.2, 0.25) is 0 Å². The van der Waals surface area contributed by atoms with Gasteiger partial charge >= 0.3 is 6.03 Å². The molecule has 1 aliphatic rings. The fourth-order valence-corrected chi connectivity index (χ4v) is 1.82. The lowest BCUT2D eigenvalue weighted by atomic mass is 9.93. The molecule has 5 heteroatoms. The number of methoxy groups -OCH3 is 1. The van der Waals surface area contributed by atoms with Gasteiger partial charge in [0, 0.05) is 13.7 Å². The zero-order chi connectivity index (χ0) is 11.6. The van der Waals surface area contributed by atoms with E-state index in [-0.39, 0.29) is 12.1 Å². The minimum absolute atomic E-state index is 0.167. The monoisotopic (exact) mass is 213 g/mol. The van der Waals surface area contributed by atoms with Crippen molar-refractivity contribution >= 4 is 11.9 Å². The van der Waals surface area contributed by atoms with E-state index >= 15 is 0 Å². The third kappa shape index (κ3) is 1.71. The van der Waals surface area contributed by atoms with Gasteiger partial charge in [0.15, 0.2) is 0 Å². The SMILES string of the molecule is CCCN1C(=O)N=C(N)C1(C)C(C)OC. The van der Waals surface area contributed by atoms with Gasteiger partial charge in [-0.05, 0) is 20.3 Å². The maximum absolute atomic E-state index is 11.6. The molecule has 2 amide bonds. The van der Waals surface area contributed by atoms with E-state index in [4.69, 9.17) is 10.5 Å². The van der Waals surface area contributed by atoms with Crippen LogP contribution in [-0.4, -0.2) is 42.1 Å². The van der Waals surface area contributed by atoms with Gasteiger partial charge in [-0.15, -0.1) is 0 Å². The van der Waals surface area contributed by atoms with E-state index in [1.165, 1.54) is 0 Å². The maximum Gasteiger partial charge on any atom is 0.346 e. The Morgan fingerprint density at radius 2 is 2.27 bits per heavy atom. The Morgan fingerprint density at radius 1 is 1.67 bits per heavy atom. The molecule has 2 N–H and O–H groups in total. The van der Waals surface area contributed by atoms with E-state index in [0.29, 0.717) is 12.4 Å². The van der Waals surface area contributed by atoms with Gasteiger partial charge in [-0.3, -0.25) is 0 Å². The first-order valence-corrected chi connectivity index (χ1v) is 5.17. The summed E-state index contributed by atoms with van der Waals surface area (Å²) in [5, 5.41) is 0. The first-order valence-electron chi connectivity index (χ1n) is 5.17. The van der Waals surface area contributed by atoms with Crippen molar-refractivity contribution in [3.8, 4) is 0 Å². The highest BCUT2D eigenvalue weighted by atomic mass is 16.5. The highest BCUT2D eigenvalue weighted by Gasteiger charge is 2.48. The lowest BCUT2D eigenvalue weighted by molar-refractivity contribution is 0.0257. The van der Waals surface area contributed by atoms with Crippen molar-refractivity contribution in [1.29, 1.82) is 0 Å². The number of ether oxygens (including phenoxy) is 1. The number of nitrogens with two attached hydrogens (primary N) is 1. The van der Waals surface area contributed by atoms with Crippen LogP contribution in [0, 0.1) is 0 Å². The molecule has 86 valence electrons. The van der Waals surface area contributed by atoms with Crippen molar-refractivity contribution in [2.45, 2.75) is 38.8 Å². The number of urea groups is 1. The summed E-state index contributed by atoms with van der Waals surface area (Å²) in [7, 11) is 1.61. The molecule has 1 aliphatic heterocycles. The number of carbonyl (C=O) groups is 1. The zero-order valence-electron chi connectivity index (χ0n) is 9.78. The third-order valence-electron chi connectivity index (χ3n) is 3.12. The highest BCUT2D eigenvalue weighted by molar-refractivity contribution is 6.06. The van der Waals surface area contributed by atoms with Crippen LogP contribution in [-0.2, 0) is 4.74 Å². The van der Waals surface area contributed by atoms with Crippen molar-refractivity contribution in [1.82, 2.24) is 4.90 Å². The summed E-state index contributed by atoms with van der Waals surface area (Å²) in [6, 6.07) is -0.263. The Morgan fingerprint density at radius 3 is 2.73 bits per heavy atom. The molecule has 0 aromatic heterocycles. The van der Waals surface area contributed by atoms with Crippen LogP contribution in [0.1, 0.15) is 27.2 Å². The maximum atomic E-state index is 11.6. The van der Waals surface area contributed by atoms with Crippen molar-refractivity contribution < 1.29 is 9.53 Å². The van der Waals surface area contributed by atoms with E-state index in [9.17, 15) is 4.79 Å². The Hall–Kier alpha value is -1.10. The number of rotatable bonds is 4. The summed E-state index contributed by atoms with van der Waals surface area (Å²) in [5.74, 6) is 0.343. The van der Waals surface area contributed by atoms with Crippen LogP contribution in [0.15, 0.2) is 4.99 Å². The van der Waals surface area contributed by atoms with Crippen LogP contribution in [0.5, 0.6) is 0 Å². The third-order valence-corrected chi connectivity index (χ3v) is 3.12. The second-order valence-electron chi connectivity index (χ2n) is 3.96. The van der Waals surface area contributed by atoms with E-state index in [0.717, 1.165) is 6.42 Å². The van der Waals surface area contributed by atoms with Gasteiger partial charge in [-0.2, -0.15) is 4.99 Å². The van der Waals surface area contributed by atoms with E-state index in [1.807, 2.05) is 20.8 Å². The molecule has 0 spiro atoms. The Labute approximate surface area is 90.3 Å². The molecule has 1 rings (SSSR count). The first-order chi connectivity index (χ1) is 6.98. The highest BCUT2D eigenvalue weighted by Crippen LogP contribution is 2.28. The first kappa shape index (κ1) is 12.0. The minimum Gasteiger partial charge on any atom is -0.385 e. The lowest BCUT2D eigenvalue weighted by Gasteiger charge is -2.38. The fourth-order valence-electron chi connectivity index (χ4n) is 1.82. The van der Waals surface area contributed by atoms with Crippen LogP contribution in [0.25, 0.3) is 0 Å². The number of aliphatic imine (C=N–C) groups is 1.